The van der Waals surface area contributed by atoms with Crippen LogP contribution in [-0.2, 0) is 0 Å². The van der Waals surface area contributed by atoms with Crippen LogP contribution in [0.25, 0.3) is 27.2 Å². The van der Waals surface area contributed by atoms with E-state index in [1.54, 1.807) is 24.3 Å². The number of rotatable bonds is 3. The van der Waals surface area contributed by atoms with Gasteiger partial charge in [0.25, 0.3) is 11.1 Å². The van der Waals surface area contributed by atoms with E-state index < -0.39 is 0 Å². The SMILES string of the molecule is O=c1c2ccccc2c2ccccc2c(=O)n1-c1ccc(Nc2ccccc2)cc1. The third kappa shape index (κ3) is 3.05. The first kappa shape index (κ1) is 17.9. The topological polar surface area (TPSA) is 51.1 Å². The number of anilines is 2. The fourth-order valence-corrected chi connectivity index (χ4v) is 3.76. The molecule has 0 radical (unpaired) electrons. The van der Waals surface area contributed by atoms with Crippen LogP contribution >= 0.6 is 0 Å². The number of benzene rings is 4. The van der Waals surface area contributed by atoms with Crippen molar-refractivity contribution in [3.63, 3.8) is 0 Å². The Hall–Kier alpha value is -4.18. The fraction of sp³-hybridized carbons (Fsp3) is 0. The van der Waals surface area contributed by atoms with Gasteiger partial charge in [0.1, 0.15) is 0 Å². The second kappa shape index (κ2) is 7.33. The van der Waals surface area contributed by atoms with Crippen LogP contribution in [0, 0.1) is 0 Å². The summed E-state index contributed by atoms with van der Waals surface area (Å²) < 4.78 is 1.26. The molecule has 0 saturated heterocycles. The van der Waals surface area contributed by atoms with Crippen LogP contribution in [0.4, 0.5) is 11.4 Å². The van der Waals surface area contributed by atoms with Crippen molar-refractivity contribution in [3.8, 4) is 5.69 Å². The van der Waals surface area contributed by atoms with Crippen LogP contribution in [0.3, 0.4) is 0 Å². The van der Waals surface area contributed by atoms with Gasteiger partial charge in [-0.3, -0.25) is 9.59 Å². The van der Waals surface area contributed by atoms with Crippen molar-refractivity contribution in [1.29, 1.82) is 0 Å². The largest absolute Gasteiger partial charge is 0.356 e. The van der Waals surface area contributed by atoms with Gasteiger partial charge in [-0.15, -0.1) is 0 Å². The van der Waals surface area contributed by atoms with Crippen molar-refractivity contribution in [2.24, 2.45) is 0 Å². The Labute approximate surface area is 172 Å². The van der Waals surface area contributed by atoms with Gasteiger partial charge in [0.15, 0.2) is 0 Å². The molecule has 0 atom stereocenters. The van der Waals surface area contributed by atoms with E-state index in [2.05, 4.69) is 5.32 Å². The Balaban J connectivity index is 1.73. The van der Waals surface area contributed by atoms with Crippen LogP contribution in [0.1, 0.15) is 0 Å². The van der Waals surface area contributed by atoms with E-state index in [9.17, 15) is 9.59 Å². The van der Waals surface area contributed by atoms with E-state index in [1.165, 1.54) is 4.57 Å². The monoisotopic (exact) mass is 390 g/mol. The normalized spacial score (nSPS) is 10.9. The van der Waals surface area contributed by atoms with E-state index >= 15 is 0 Å². The summed E-state index contributed by atoms with van der Waals surface area (Å²) in [5, 5.41) is 5.89. The van der Waals surface area contributed by atoms with E-state index in [0.717, 1.165) is 22.1 Å². The van der Waals surface area contributed by atoms with E-state index in [4.69, 9.17) is 0 Å². The van der Waals surface area contributed by atoms with Crippen LogP contribution in [0.2, 0.25) is 0 Å². The Kier molecular flexibility index (Phi) is 4.37. The highest BCUT2D eigenvalue weighted by molar-refractivity contribution is 6.05. The van der Waals surface area contributed by atoms with E-state index in [-0.39, 0.29) is 11.1 Å². The quantitative estimate of drug-likeness (QED) is 0.458. The Morgan fingerprint density at radius 1 is 0.467 bits per heavy atom. The summed E-state index contributed by atoms with van der Waals surface area (Å²) in [6.45, 7) is 0. The standard InChI is InChI=1S/C26H18N2O2/c29-25-23-12-6-4-10-21(23)22-11-5-7-13-24(22)26(30)28(25)20-16-14-19(15-17-20)27-18-8-2-1-3-9-18/h1-17,27H. The summed E-state index contributed by atoms with van der Waals surface area (Å²) in [6, 6.07) is 31.9. The molecule has 0 aliphatic heterocycles. The maximum Gasteiger partial charge on any atom is 0.265 e. The van der Waals surface area contributed by atoms with Crippen molar-refractivity contribution in [1.82, 2.24) is 4.57 Å². The van der Waals surface area contributed by atoms with E-state index in [0.29, 0.717) is 16.5 Å². The number of aromatic nitrogens is 1. The number of para-hydroxylation sites is 1. The molecule has 5 rings (SSSR count). The van der Waals surface area contributed by atoms with E-state index in [1.807, 2.05) is 78.9 Å². The zero-order valence-electron chi connectivity index (χ0n) is 16.1. The molecule has 5 aromatic rings. The summed E-state index contributed by atoms with van der Waals surface area (Å²) in [4.78, 5) is 26.8. The number of hydrogen-bond donors (Lipinski definition) is 1. The lowest BCUT2D eigenvalue weighted by Gasteiger charge is -2.08. The molecule has 0 saturated carbocycles. The molecule has 0 unspecified atom stereocenters. The molecule has 0 aliphatic carbocycles. The number of fused-ring (bicyclic) bond motifs is 3. The molecule has 1 N–H and O–H groups in total. The number of nitrogens with one attached hydrogen (secondary N) is 1. The minimum atomic E-state index is -0.324. The average Bonchev–Trinajstić information content (AvgIpc) is 2.89. The highest BCUT2D eigenvalue weighted by Crippen LogP contribution is 2.21. The Morgan fingerprint density at radius 3 is 1.43 bits per heavy atom. The van der Waals surface area contributed by atoms with Crippen molar-refractivity contribution < 1.29 is 0 Å². The molecule has 0 fully saturated rings. The minimum absolute atomic E-state index is 0.324. The number of hydrogen-bond acceptors (Lipinski definition) is 3. The summed E-state index contributed by atoms with van der Waals surface area (Å²) in [5.41, 5.74) is 1.73. The predicted octanol–water partition coefficient (Wildman–Crippen LogP) is 5.25. The fourth-order valence-electron chi connectivity index (χ4n) is 3.76. The smallest absolute Gasteiger partial charge is 0.265 e. The molecule has 1 heterocycles. The molecule has 1 aromatic heterocycles. The Morgan fingerprint density at radius 2 is 0.900 bits per heavy atom. The highest BCUT2D eigenvalue weighted by Gasteiger charge is 2.12. The van der Waals surface area contributed by atoms with Gasteiger partial charge in [0.05, 0.1) is 5.69 Å². The second-order valence-electron chi connectivity index (χ2n) is 7.07. The van der Waals surface area contributed by atoms with Gasteiger partial charge in [-0.2, -0.15) is 0 Å². The van der Waals surface area contributed by atoms with Crippen LogP contribution in [-0.4, -0.2) is 4.57 Å². The summed E-state index contributed by atoms with van der Waals surface area (Å²) in [6.07, 6.45) is 0. The number of nitrogens with zero attached hydrogens (tertiary/aromatic N) is 1. The molecule has 0 bridgehead atoms. The lowest BCUT2D eigenvalue weighted by molar-refractivity contribution is 0.976. The first-order valence-electron chi connectivity index (χ1n) is 9.72. The van der Waals surface area contributed by atoms with Gasteiger partial charge >= 0.3 is 0 Å². The third-order valence-electron chi connectivity index (χ3n) is 5.20. The molecule has 4 aromatic carbocycles. The highest BCUT2D eigenvalue weighted by atomic mass is 16.2. The van der Waals surface area contributed by atoms with Crippen molar-refractivity contribution >= 4 is 32.9 Å². The maximum absolute atomic E-state index is 13.4. The molecule has 0 spiro atoms. The minimum Gasteiger partial charge on any atom is -0.356 e. The zero-order valence-corrected chi connectivity index (χ0v) is 16.1. The van der Waals surface area contributed by atoms with Gasteiger partial charge in [-0.05, 0) is 59.3 Å². The van der Waals surface area contributed by atoms with Crippen molar-refractivity contribution in [3.05, 3.63) is 124 Å². The molecule has 4 heteroatoms. The predicted molar refractivity (Wildman–Crippen MR) is 123 cm³/mol. The van der Waals surface area contributed by atoms with Crippen LogP contribution in [0.5, 0.6) is 0 Å². The van der Waals surface area contributed by atoms with Gasteiger partial charge < -0.3 is 5.32 Å². The zero-order chi connectivity index (χ0) is 20.5. The van der Waals surface area contributed by atoms with Gasteiger partial charge in [0.2, 0.25) is 0 Å². The van der Waals surface area contributed by atoms with Crippen molar-refractivity contribution in [2.45, 2.75) is 0 Å². The van der Waals surface area contributed by atoms with Gasteiger partial charge in [0, 0.05) is 22.1 Å². The lowest BCUT2D eigenvalue weighted by Crippen LogP contribution is -2.28. The molecule has 4 nitrogen and oxygen atoms in total. The summed E-state index contributed by atoms with van der Waals surface area (Å²) in [7, 11) is 0. The third-order valence-corrected chi connectivity index (χ3v) is 5.20. The van der Waals surface area contributed by atoms with Gasteiger partial charge in [-0.1, -0.05) is 54.6 Å². The summed E-state index contributed by atoms with van der Waals surface area (Å²) in [5.74, 6) is 0. The Bertz CT molecular complexity index is 1420. The molecular weight excluding hydrogens is 372 g/mol. The first-order chi connectivity index (χ1) is 14.7. The molecular formula is C26H18N2O2. The molecule has 30 heavy (non-hydrogen) atoms. The van der Waals surface area contributed by atoms with Gasteiger partial charge in [-0.25, -0.2) is 4.57 Å². The molecule has 144 valence electrons. The molecule has 0 amide bonds. The average molecular weight is 390 g/mol. The summed E-state index contributed by atoms with van der Waals surface area (Å²) >= 11 is 0. The molecule has 0 aliphatic rings. The van der Waals surface area contributed by atoms with Crippen LogP contribution < -0.4 is 16.4 Å². The lowest BCUT2D eigenvalue weighted by atomic mass is 10.1. The second-order valence-corrected chi connectivity index (χ2v) is 7.07. The maximum atomic E-state index is 13.4. The van der Waals surface area contributed by atoms with Crippen molar-refractivity contribution in [2.75, 3.05) is 5.32 Å². The van der Waals surface area contributed by atoms with Crippen LogP contribution in [0.15, 0.2) is 113 Å². The first-order valence-corrected chi connectivity index (χ1v) is 9.72.